The molecule has 0 aliphatic heterocycles. The number of nitrogens with zero attached hydrogens (tertiary/aromatic N) is 2. The molecule has 0 saturated heterocycles. The molecule has 0 aliphatic carbocycles. The predicted octanol–water partition coefficient (Wildman–Crippen LogP) is 2.89. The summed E-state index contributed by atoms with van der Waals surface area (Å²) in [5.41, 5.74) is 2.54. The lowest BCUT2D eigenvalue weighted by Gasteiger charge is -2.09. The second-order valence-corrected chi connectivity index (χ2v) is 4.34. The number of aromatic nitrogens is 2. The molecule has 1 heterocycles. The van der Waals surface area contributed by atoms with Gasteiger partial charge in [0.1, 0.15) is 11.3 Å². The van der Waals surface area contributed by atoms with Gasteiger partial charge in [0.25, 0.3) is 0 Å². The number of hydrogen-bond donors (Lipinski definition) is 1. The Morgan fingerprint density at radius 1 is 1.11 bits per heavy atom. The van der Waals surface area contributed by atoms with Gasteiger partial charge in [-0.25, -0.2) is 14.8 Å². The van der Waals surface area contributed by atoms with E-state index >= 15 is 0 Å². The molecule has 1 aromatic heterocycles. The Bertz CT molecular complexity index is 618. The molecule has 98 valence electrons. The summed E-state index contributed by atoms with van der Waals surface area (Å²) in [6, 6.07) is 6.87. The Hall–Kier alpha value is -2.43. The first-order valence-corrected chi connectivity index (χ1v) is 5.80. The zero-order valence-corrected chi connectivity index (χ0v) is 11.0. The lowest BCUT2D eigenvalue weighted by Crippen LogP contribution is -2.02. The van der Waals surface area contributed by atoms with E-state index in [-0.39, 0.29) is 17.3 Å². The van der Waals surface area contributed by atoms with Crippen molar-refractivity contribution in [2.24, 2.45) is 0 Å². The van der Waals surface area contributed by atoms with Crippen LogP contribution in [0, 0.1) is 20.8 Å². The summed E-state index contributed by atoms with van der Waals surface area (Å²) in [4.78, 5) is 19.4. The Labute approximate surface area is 110 Å². The lowest BCUT2D eigenvalue weighted by molar-refractivity contribution is 0.0694. The second-order valence-electron chi connectivity index (χ2n) is 4.34. The fraction of sp³-hybridized carbons (Fsp3) is 0.214. The van der Waals surface area contributed by atoms with E-state index in [4.69, 9.17) is 9.84 Å². The monoisotopic (exact) mass is 258 g/mol. The van der Waals surface area contributed by atoms with E-state index in [1.165, 1.54) is 6.07 Å². The molecule has 5 heteroatoms. The smallest absolute Gasteiger partial charge is 0.339 e. The Morgan fingerprint density at radius 2 is 1.74 bits per heavy atom. The van der Waals surface area contributed by atoms with Gasteiger partial charge >= 0.3 is 12.0 Å². The number of ether oxygens (including phenoxy) is 1. The largest absolute Gasteiger partial charge is 0.478 e. The fourth-order valence-electron chi connectivity index (χ4n) is 1.73. The molecule has 0 amide bonds. The van der Waals surface area contributed by atoms with Gasteiger partial charge in [-0.3, -0.25) is 0 Å². The summed E-state index contributed by atoms with van der Waals surface area (Å²) in [7, 11) is 0. The van der Waals surface area contributed by atoms with Crippen molar-refractivity contribution >= 4 is 5.97 Å². The maximum absolute atomic E-state index is 11.1. The van der Waals surface area contributed by atoms with E-state index < -0.39 is 5.97 Å². The molecule has 0 radical (unpaired) electrons. The summed E-state index contributed by atoms with van der Waals surface area (Å²) < 4.78 is 5.51. The Morgan fingerprint density at radius 3 is 2.32 bits per heavy atom. The Kier molecular flexibility index (Phi) is 3.46. The minimum Gasteiger partial charge on any atom is -0.478 e. The molecule has 0 fully saturated rings. The first-order chi connectivity index (χ1) is 8.95. The van der Waals surface area contributed by atoms with Crippen LogP contribution < -0.4 is 4.74 Å². The van der Waals surface area contributed by atoms with Crippen molar-refractivity contribution in [1.82, 2.24) is 9.97 Å². The standard InChI is InChI=1S/C14H14N2O3/c1-8-4-5-11(13(17)18)12(6-8)19-14-15-9(2)7-10(3)16-14/h4-7H,1-3H3,(H,17,18). The molecule has 2 rings (SSSR count). The van der Waals surface area contributed by atoms with Gasteiger partial charge in [-0.15, -0.1) is 0 Å². The van der Waals surface area contributed by atoms with Gasteiger partial charge in [-0.1, -0.05) is 6.07 Å². The van der Waals surface area contributed by atoms with E-state index in [0.29, 0.717) is 0 Å². The number of rotatable bonds is 3. The topological polar surface area (TPSA) is 72.3 Å². The first kappa shape index (κ1) is 13.0. The van der Waals surface area contributed by atoms with Crippen LogP contribution in [-0.4, -0.2) is 21.0 Å². The van der Waals surface area contributed by atoms with Crippen molar-refractivity contribution in [2.45, 2.75) is 20.8 Å². The van der Waals surface area contributed by atoms with Gasteiger partial charge in [0.15, 0.2) is 0 Å². The Balaban J connectivity index is 2.42. The molecule has 5 nitrogen and oxygen atoms in total. The number of benzene rings is 1. The average Bonchev–Trinajstić information content (AvgIpc) is 2.26. The SMILES string of the molecule is Cc1ccc(C(=O)O)c(Oc2nc(C)cc(C)n2)c1. The van der Waals surface area contributed by atoms with Gasteiger partial charge in [-0.05, 0) is 44.5 Å². The van der Waals surface area contributed by atoms with E-state index in [1.807, 2.05) is 26.8 Å². The van der Waals surface area contributed by atoms with E-state index in [0.717, 1.165) is 17.0 Å². The highest BCUT2D eigenvalue weighted by atomic mass is 16.5. The number of carbonyl (C=O) groups is 1. The third-order valence-corrected chi connectivity index (χ3v) is 2.53. The van der Waals surface area contributed by atoms with Crippen LogP contribution in [0.25, 0.3) is 0 Å². The second kappa shape index (κ2) is 5.06. The minimum atomic E-state index is -1.04. The fourth-order valence-corrected chi connectivity index (χ4v) is 1.73. The van der Waals surface area contributed by atoms with Crippen molar-refractivity contribution < 1.29 is 14.6 Å². The number of aryl methyl sites for hydroxylation is 3. The first-order valence-electron chi connectivity index (χ1n) is 5.80. The molecule has 0 unspecified atom stereocenters. The van der Waals surface area contributed by atoms with Crippen LogP contribution in [0.5, 0.6) is 11.8 Å². The van der Waals surface area contributed by atoms with Crippen molar-refractivity contribution in [1.29, 1.82) is 0 Å². The number of hydrogen-bond acceptors (Lipinski definition) is 4. The van der Waals surface area contributed by atoms with Crippen molar-refractivity contribution in [3.8, 4) is 11.8 Å². The van der Waals surface area contributed by atoms with E-state index in [1.54, 1.807) is 12.1 Å². The third-order valence-electron chi connectivity index (χ3n) is 2.53. The van der Waals surface area contributed by atoms with Crippen LogP contribution in [0.15, 0.2) is 24.3 Å². The average molecular weight is 258 g/mol. The van der Waals surface area contributed by atoms with Crippen molar-refractivity contribution in [3.63, 3.8) is 0 Å². The number of carboxylic acid groups (broad SMARTS) is 1. The summed E-state index contributed by atoms with van der Waals surface area (Å²) in [5, 5.41) is 9.12. The van der Waals surface area contributed by atoms with Crippen molar-refractivity contribution in [3.05, 3.63) is 46.8 Å². The zero-order chi connectivity index (χ0) is 14.0. The van der Waals surface area contributed by atoms with Gasteiger partial charge < -0.3 is 9.84 Å². The van der Waals surface area contributed by atoms with Gasteiger partial charge in [0.2, 0.25) is 0 Å². The molecular weight excluding hydrogens is 244 g/mol. The molecule has 0 atom stereocenters. The molecular formula is C14H14N2O3. The highest BCUT2D eigenvalue weighted by Crippen LogP contribution is 2.24. The molecule has 0 spiro atoms. The molecule has 0 aliphatic rings. The maximum atomic E-state index is 11.1. The minimum absolute atomic E-state index is 0.0911. The quantitative estimate of drug-likeness (QED) is 0.916. The van der Waals surface area contributed by atoms with Gasteiger partial charge in [0.05, 0.1) is 0 Å². The highest BCUT2D eigenvalue weighted by molar-refractivity contribution is 5.91. The van der Waals surface area contributed by atoms with Crippen LogP contribution >= 0.6 is 0 Å². The van der Waals surface area contributed by atoms with Gasteiger partial charge in [0, 0.05) is 11.4 Å². The molecule has 2 aromatic rings. The van der Waals surface area contributed by atoms with Crippen LogP contribution in [0.1, 0.15) is 27.3 Å². The predicted molar refractivity (Wildman–Crippen MR) is 69.7 cm³/mol. The van der Waals surface area contributed by atoms with Crippen LogP contribution in [0.3, 0.4) is 0 Å². The van der Waals surface area contributed by atoms with Crippen LogP contribution in [0.2, 0.25) is 0 Å². The lowest BCUT2D eigenvalue weighted by atomic mass is 10.1. The normalized spacial score (nSPS) is 10.3. The summed E-state index contributed by atoms with van der Waals surface area (Å²) in [6.07, 6.45) is 0. The third kappa shape index (κ3) is 3.07. The molecule has 1 aromatic carbocycles. The molecule has 0 saturated carbocycles. The van der Waals surface area contributed by atoms with E-state index in [2.05, 4.69) is 9.97 Å². The van der Waals surface area contributed by atoms with Crippen LogP contribution in [-0.2, 0) is 0 Å². The molecule has 0 bridgehead atoms. The number of carboxylic acids is 1. The maximum Gasteiger partial charge on any atom is 0.339 e. The summed E-state index contributed by atoms with van der Waals surface area (Å²) >= 11 is 0. The summed E-state index contributed by atoms with van der Waals surface area (Å²) in [6.45, 7) is 5.52. The highest BCUT2D eigenvalue weighted by Gasteiger charge is 2.13. The molecule has 1 N–H and O–H groups in total. The van der Waals surface area contributed by atoms with Gasteiger partial charge in [-0.2, -0.15) is 0 Å². The molecule has 19 heavy (non-hydrogen) atoms. The zero-order valence-electron chi connectivity index (χ0n) is 11.0. The number of aromatic carboxylic acids is 1. The van der Waals surface area contributed by atoms with E-state index in [9.17, 15) is 4.79 Å². The van der Waals surface area contributed by atoms with Crippen LogP contribution in [0.4, 0.5) is 0 Å². The van der Waals surface area contributed by atoms with Crippen molar-refractivity contribution in [2.75, 3.05) is 0 Å². The summed E-state index contributed by atoms with van der Waals surface area (Å²) in [5.74, 6) is -0.795.